The van der Waals surface area contributed by atoms with Gasteiger partial charge in [0.1, 0.15) is 5.82 Å². The van der Waals surface area contributed by atoms with Gasteiger partial charge >= 0.3 is 0 Å². The summed E-state index contributed by atoms with van der Waals surface area (Å²) in [7, 11) is -3.71. The average Bonchev–Trinajstić information content (AvgIpc) is 2.36. The van der Waals surface area contributed by atoms with Gasteiger partial charge in [-0.15, -0.1) is 0 Å². The lowest BCUT2D eigenvalue weighted by molar-refractivity contribution is 0.109. The second kappa shape index (κ2) is 6.36. The van der Waals surface area contributed by atoms with Crippen molar-refractivity contribution in [3.05, 3.63) is 34.6 Å². The van der Waals surface area contributed by atoms with Crippen LogP contribution in [-0.2, 0) is 15.8 Å². The predicted octanol–water partition coefficient (Wildman–Crippen LogP) is 0.621. The summed E-state index contributed by atoms with van der Waals surface area (Å²) in [6, 6.07) is 3.00. The smallest absolute Gasteiger partial charge is 0.216 e. The first-order valence-electron chi connectivity index (χ1n) is 6.20. The maximum Gasteiger partial charge on any atom is 0.216 e. The zero-order chi connectivity index (χ0) is 14.8. The van der Waals surface area contributed by atoms with E-state index in [0.29, 0.717) is 19.5 Å². The van der Waals surface area contributed by atoms with Crippen LogP contribution in [0.1, 0.15) is 12.0 Å². The van der Waals surface area contributed by atoms with Gasteiger partial charge in [-0.1, -0.05) is 11.6 Å². The van der Waals surface area contributed by atoms with Crippen molar-refractivity contribution in [1.29, 1.82) is 0 Å². The van der Waals surface area contributed by atoms with Crippen LogP contribution in [0.2, 0.25) is 5.02 Å². The van der Waals surface area contributed by atoms with Crippen LogP contribution >= 0.6 is 11.6 Å². The van der Waals surface area contributed by atoms with E-state index in [4.69, 9.17) is 11.6 Å². The van der Waals surface area contributed by atoms with Crippen LogP contribution in [-0.4, -0.2) is 38.8 Å². The first-order chi connectivity index (χ1) is 9.37. The van der Waals surface area contributed by atoms with Crippen molar-refractivity contribution < 1.29 is 17.9 Å². The number of aliphatic hydroxyl groups is 1. The lowest BCUT2D eigenvalue weighted by atomic mass is 10.1. The van der Waals surface area contributed by atoms with Gasteiger partial charge in [-0.25, -0.2) is 17.5 Å². The Morgan fingerprint density at radius 1 is 1.50 bits per heavy atom. The molecule has 112 valence electrons. The fraction of sp³-hybridized carbons (Fsp3) is 0.500. The summed E-state index contributed by atoms with van der Waals surface area (Å²) in [5.41, 5.74) is 0.192. The highest BCUT2D eigenvalue weighted by molar-refractivity contribution is 7.88. The number of nitrogens with one attached hydrogen (secondary N) is 2. The summed E-state index contributed by atoms with van der Waals surface area (Å²) in [6.07, 6.45) is -0.248. The zero-order valence-electron chi connectivity index (χ0n) is 10.6. The fourth-order valence-corrected chi connectivity index (χ4v) is 3.79. The maximum atomic E-state index is 13.1. The molecule has 0 amide bonds. The summed E-state index contributed by atoms with van der Waals surface area (Å²) in [5.74, 6) is -0.966. The van der Waals surface area contributed by atoms with E-state index in [1.54, 1.807) is 0 Å². The molecule has 2 atom stereocenters. The van der Waals surface area contributed by atoms with Gasteiger partial charge in [-0.2, -0.15) is 0 Å². The number of benzene rings is 1. The third kappa shape index (κ3) is 4.13. The minimum Gasteiger partial charge on any atom is -0.391 e. The van der Waals surface area contributed by atoms with Crippen molar-refractivity contribution in [3.8, 4) is 0 Å². The molecular formula is C12H16ClFN2O3S. The van der Waals surface area contributed by atoms with Crippen LogP contribution in [0.15, 0.2) is 18.2 Å². The van der Waals surface area contributed by atoms with E-state index in [9.17, 15) is 17.9 Å². The number of piperidine rings is 1. The number of sulfonamides is 1. The molecule has 0 aliphatic carbocycles. The number of rotatable bonds is 4. The largest absolute Gasteiger partial charge is 0.391 e. The average molecular weight is 323 g/mol. The molecule has 20 heavy (non-hydrogen) atoms. The molecule has 0 spiro atoms. The van der Waals surface area contributed by atoms with Crippen molar-refractivity contribution in [2.45, 2.75) is 24.3 Å². The molecule has 1 aromatic rings. The Kier molecular flexibility index (Phi) is 4.98. The van der Waals surface area contributed by atoms with Gasteiger partial charge in [-0.3, -0.25) is 0 Å². The van der Waals surface area contributed by atoms with Crippen molar-refractivity contribution in [3.63, 3.8) is 0 Å². The Morgan fingerprint density at radius 3 is 2.95 bits per heavy atom. The quantitative estimate of drug-likeness (QED) is 0.759. The highest BCUT2D eigenvalue weighted by Crippen LogP contribution is 2.19. The van der Waals surface area contributed by atoms with E-state index in [1.807, 2.05) is 0 Å². The molecule has 3 N–H and O–H groups in total. The fourth-order valence-electron chi connectivity index (χ4n) is 2.10. The molecule has 1 aromatic carbocycles. The van der Waals surface area contributed by atoms with E-state index < -0.39 is 33.7 Å². The summed E-state index contributed by atoms with van der Waals surface area (Å²) < 4.78 is 39.6. The van der Waals surface area contributed by atoms with Crippen molar-refractivity contribution >= 4 is 21.6 Å². The Balaban J connectivity index is 2.09. The predicted molar refractivity (Wildman–Crippen MR) is 74.5 cm³/mol. The third-order valence-electron chi connectivity index (χ3n) is 3.13. The normalized spacial score (nSPS) is 23.8. The summed E-state index contributed by atoms with van der Waals surface area (Å²) in [5, 5.41) is 12.9. The Bertz CT molecular complexity index is 582. The lowest BCUT2D eigenvalue weighted by Crippen LogP contribution is -2.53. The first-order valence-corrected chi connectivity index (χ1v) is 8.23. The Hall–Kier alpha value is -0.730. The van der Waals surface area contributed by atoms with Crippen molar-refractivity contribution in [2.24, 2.45) is 0 Å². The van der Waals surface area contributed by atoms with Crippen molar-refractivity contribution in [2.75, 3.05) is 13.1 Å². The molecule has 0 radical (unpaired) electrons. The number of aliphatic hydroxyl groups excluding tert-OH is 1. The molecule has 1 aliphatic heterocycles. The molecule has 1 heterocycles. The van der Waals surface area contributed by atoms with Crippen LogP contribution in [0, 0.1) is 5.82 Å². The molecule has 1 fully saturated rings. The van der Waals surface area contributed by atoms with Gasteiger partial charge in [0.25, 0.3) is 0 Å². The molecule has 1 saturated heterocycles. The number of hydrogen-bond donors (Lipinski definition) is 3. The minimum absolute atomic E-state index is 0.192. The van der Waals surface area contributed by atoms with Crippen LogP contribution in [0.3, 0.4) is 0 Å². The first kappa shape index (κ1) is 15.7. The van der Waals surface area contributed by atoms with E-state index in [-0.39, 0.29) is 10.6 Å². The highest BCUT2D eigenvalue weighted by atomic mass is 35.5. The Labute approximate surface area is 122 Å². The van der Waals surface area contributed by atoms with Gasteiger partial charge in [0, 0.05) is 11.6 Å². The third-order valence-corrected chi connectivity index (χ3v) is 4.85. The van der Waals surface area contributed by atoms with Gasteiger partial charge in [0.05, 0.1) is 17.9 Å². The lowest BCUT2D eigenvalue weighted by Gasteiger charge is -2.28. The van der Waals surface area contributed by atoms with Crippen LogP contribution in [0.4, 0.5) is 4.39 Å². The van der Waals surface area contributed by atoms with Crippen molar-refractivity contribution in [1.82, 2.24) is 10.0 Å². The number of hydrogen-bond acceptors (Lipinski definition) is 4. The van der Waals surface area contributed by atoms with E-state index in [2.05, 4.69) is 10.0 Å². The Morgan fingerprint density at radius 2 is 2.25 bits per heavy atom. The van der Waals surface area contributed by atoms with Crippen LogP contribution < -0.4 is 10.0 Å². The molecule has 1 aliphatic rings. The van der Waals surface area contributed by atoms with E-state index >= 15 is 0 Å². The highest BCUT2D eigenvalue weighted by Gasteiger charge is 2.27. The second-order valence-corrected chi connectivity index (χ2v) is 6.94. The SMILES string of the molecule is O=S(=O)(Cc1cc(F)ccc1Cl)N[C@H]1CNCC[C@H]1O. The summed E-state index contributed by atoms with van der Waals surface area (Å²) in [4.78, 5) is 0. The van der Waals surface area contributed by atoms with Crippen LogP contribution in [0.25, 0.3) is 0 Å². The standard InChI is InChI=1S/C12H16ClFN2O3S/c13-10-2-1-9(14)5-8(10)7-20(18,19)16-11-6-15-4-3-12(11)17/h1-2,5,11-12,15-17H,3-4,6-7H2/t11-,12+/m0/s1. The van der Waals surface area contributed by atoms with Crippen LogP contribution in [0.5, 0.6) is 0 Å². The monoisotopic (exact) mass is 322 g/mol. The molecule has 0 unspecified atom stereocenters. The van der Waals surface area contributed by atoms with Gasteiger partial charge in [0.2, 0.25) is 10.0 Å². The summed E-state index contributed by atoms with van der Waals surface area (Å²) >= 11 is 5.85. The summed E-state index contributed by atoms with van der Waals surface area (Å²) in [6.45, 7) is 1.01. The van der Waals surface area contributed by atoms with E-state index in [1.165, 1.54) is 12.1 Å². The molecular weight excluding hydrogens is 307 g/mol. The molecule has 8 heteroatoms. The molecule has 5 nitrogen and oxygen atoms in total. The van der Waals surface area contributed by atoms with Gasteiger partial charge in [0.15, 0.2) is 0 Å². The topological polar surface area (TPSA) is 78.4 Å². The number of halogens is 2. The molecule has 0 saturated carbocycles. The molecule has 2 rings (SSSR count). The molecule has 0 aromatic heterocycles. The second-order valence-electron chi connectivity index (χ2n) is 4.78. The zero-order valence-corrected chi connectivity index (χ0v) is 12.2. The minimum atomic E-state index is -3.71. The van der Waals surface area contributed by atoms with Gasteiger partial charge < -0.3 is 10.4 Å². The maximum absolute atomic E-state index is 13.1. The van der Waals surface area contributed by atoms with E-state index in [0.717, 1.165) is 6.07 Å². The van der Waals surface area contributed by atoms with Gasteiger partial charge in [-0.05, 0) is 36.7 Å². The molecule has 0 bridgehead atoms.